The highest BCUT2D eigenvalue weighted by molar-refractivity contribution is 6.30. The smallest absolute Gasteiger partial charge is 0.311 e. The van der Waals surface area contributed by atoms with Crippen LogP contribution >= 0.6 is 11.6 Å². The maximum absolute atomic E-state index is 10.9. The van der Waals surface area contributed by atoms with Crippen molar-refractivity contribution in [1.29, 1.82) is 0 Å². The van der Waals surface area contributed by atoms with Gasteiger partial charge >= 0.3 is 5.69 Å². The van der Waals surface area contributed by atoms with Crippen LogP contribution in [-0.4, -0.2) is 4.92 Å². The molecule has 0 saturated heterocycles. The van der Waals surface area contributed by atoms with Gasteiger partial charge in [0.25, 0.3) is 0 Å². The van der Waals surface area contributed by atoms with Gasteiger partial charge in [-0.1, -0.05) is 35.9 Å². The van der Waals surface area contributed by atoms with E-state index in [1.54, 1.807) is 0 Å². The zero-order chi connectivity index (χ0) is 13.8. The molecule has 2 rings (SSSR count). The second kappa shape index (κ2) is 5.71. The molecule has 2 aromatic carbocycles. The lowest BCUT2D eigenvalue weighted by Gasteiger charge is -2.09. The molecular formula is C14H12ClNO3. The Balaban J connectivity index is 2.22. The van der Waals surface area contributed by atoms with E-state index >= 15 is 0 Å². The van der Waals surface area contributed by atoms with Crippen molar-refractivity contribution in [3.8, 4) is 5.75 Å². The van der Waals surface area contributed by atoms with Gasteiger partial charge < -0.3 is 4.74 Å². The summed E-state index contributed by atoms with van der Waals surface area (Å²) in [7, 11) is 0. The molecule has 0 fully saturated rings. The molecular weight excluding hydrogens is 266 g/mol. The zero-order valence-corrected chi connectivity index (χ0v) is 11.1. The number of ether oxygens (including phenoxy) is 1. The van der Waals surface area contributed by atoms with Gasteiger partial charge in [0.15, 0.2) is 5.75 Å². The zero-order valence-electron chi connectivity index (χ0n) is 10.3. The minimum atomic E-state index is -0.483. The van der Waals surface area contributed by atoms with Gasteiger partial charge in [0.2, 0.25) is 0 Å². The first kappa shape index (κ1) is 13.4. The lowest BCUT2D eigenvalue weighted by Crippen LogP contribution is -2.00. The van der Waals surface area contributed by atoms with E-state index in [4.69, 9.17) is 16.3 Å². The van der Waals surface area contributed by atoms with Gasteiger partial charge in [-0.25, -0.2) is 0 Å². The quantitative estimate of drug-likeness (QED) is 0.623. The highest BCUT2D eigenvalue weighted by atomic mass is 35.5. The lowest BCUT2D eigenvalue weighted by molar-refractivity contribution is -0.385. The fourth-order valence-corrected chi connectivity index (χ4v) is 1.84. The summed E-state index contributed by atoms with van der Waals surface area (Å²) in [4.78, 5) is 10.4. The molecule has 0 heterocycles. The highest BCUT2D eigenvalue weighted by Gasteiger charge is 2.15. The van der Waals surface area contributed by atoms with Crippen LogP contribution in [0.5, 0.6) is 5.75 Å². The van der Waals surface area contributed by atoms with Crippen LogP contribution in [0.4, 0.5) is 5.69 Å². The van der Waals surface area contributed by atoms with Gasteiger partial charge in [-0.2, -0.15) is 0 Å². The van der Waals surface area contributed by atoms with Crippen LogP contribution in [-0.2, 0) is 6.61 Å². The van der Waals surface area contributed by atoms with Crippen LogP contribution in [0.1, 0.15) is 11.1 Å². The van der Waals surface area contributed by atoms with Crippen LogP contribution in [0.15, 0.2) is 42.5 Å². The predicted molar refractivity (Wildman–Crippen MR) is 73.6 cm³/mol. The van der Waals surface area contributed by atoms with E-state index in [-0.39, 0.29) is 18.0 Å². The summed E-state index contributed by atoms with van der Waals surface area (Å²) < 4.78 is 5.52. The molecule has 0 spiro atoms. The van der Waals surface area contributed by atoms with Crippen molar-refractivity contribution in [2.75, 3.05) is 0 Å². The molecule has 0 aromatic heterocycles. The topological polar surface area (TPSA) is 52.4 Å². The SMILES string of the molecule is Cc1ccccc1COc1cc(Cl)ccc1[N+](=O)[O-]. The highest BCUT2D eigenvalue weighted by Crippen LogP contribution is 2.30. The number of nitrogens with zero attached hydrogens (tertiary/aromatic N) is 1. The van der Waals surface area contributed by atoms with Crippen molar-refractivity contribution < 1.29 is 9.66 Å². The van der Waals surface area contributed by atoms with Gasteiger partial charge in [0.05, 0.1) is 4.92 Å². The van der Waals surface area contributed by atoms with E-state index < -0.39 is 4.92 Å². The minimum absolute atomic E-state index is 0.0852. The molecule has 0 aliphatic rings. The van der Waals surface area contributed by atoms with Gasteiger partial charge in [-0.15, -0.1) is 0 Å². The summed E-state index contributed by atoms with van der Waals surface area (Å²) in [6.07, 6.45) is 0. The Morgan fingerprint density at radius 2 is 2.00 bits per heavy atom. The van der Waals surface area contributed by atoms with E-state index in [9.17, 15) is 10.1 Å². The number of benzene rings is 2. The van der Waals surface area contributed by atoms with E-state index in [0.29, 0.717) is 5.02 Å². The Labute approximate surface area is 115 Å². The molecule has 2 aromatic rings. The van der Waals surface area contributed by atoms with E-state index in [1.807, 2.05) is 31.2 Å². The second-order valence-corrected chi connectivity index (χ2v) is 4.52. The fraction of sp³-hybridized carbons (Fsp3) is 0.143. The lowest BCUT2D eigenvalue weighted by atomic mass is 10.1. The Hall–Kier alpha value is -2.07. The number of nitro benzene ring substituents is 1. The molecule has 0 N–H and O–H groups in total. The molecule has 0 unspecified atom stereocenters. The first-order valence-electron chi connectivity index (χ1n) is 5.69. The Kier molecular flexibility index (Phi) is 4.02. The summed E-state index contributed by atoms with van der Waals surface area (Å²) in [6, 6.07) is 12.0. The molecule has 0 aliphatic heterocycles. The first-order valence-corrected chi connectivity index (χ1v) is 6.07. The summed E-state index contributed by atoms with van der Waals surface area (Å²) in [6.45, 7) is 2.24. The third kappa shape index (κ3) is 3.23. The van der Waals surface area contributed by atoms with Crippen molar-refractivity contribution in [2.45, 2.75) is 13.5 Å². The van der Waals surface area contributed by atoms with Crippen LogP contribution < -0.4 is 4.74 Å². The molecule has 98 valence electrons. The molecule has 0 aliphatic carbocycles. The fourth-order valence-electron chi connectivity index (χ4n) is 1.68. The number of aryl methyl sites for hydroxylation is 1. The van der Waals surface area contributed by atoms with E-state index in [1.165, 1.54) is 18.2 Å². The number of hydrogen-bond acceptors (Lipinski definition) is 3. The van der Waals surface area contributed by atoms with Crippen molar-refractivity contribution in [3.63, 3.8) is 0 Å². The Morgan fingerprint density at radius 1 is 1.26 bits per heavy atom. The molecule has 19 heavy (non-hydrogen) atoms. The predicted octanol–water partition coefficient (Wildman–Crippen LogP) is 4.14. The van der Waals surface area contributed by atoms with Crippen LogP contribution in [0.2, 0.25) is 5.02 Å². The Bertz CT molecular complexity index is 613. The largest absolute Gasteiger partial charge is 0.482 e. The summed E-state index contributed by atoms with van der Waals surface area (Å²) in [5, 5.41) is 11.3. The average molecular weight is 278 g/mol. The van der Waals surface area contributed by atoms with Crippen molar-refractivity contribution in [3.05, 3.63) is 68.7 Å². The van der Waals surface area contributed by atoms with E-state index in [0.717, 1.165) is 11.1 Å². The molecule has 0 radical (unpaired) electrons. The third-order valence-corrected chi connectivity index (χ3v) is 3.00. The van der Waals surface area contributed by atoms with Crippen LogP contribution in [0.3, 0.4) is 0 Å². The van der Waals surface area contributed by atoms with Crippen molar-refractivity contribution >= 4 is 17.3 Å². The normalized spacial score (nSPS) is 10.2. The van der Waals surface area contributed by atoms with Gasteiger partial charge in [-0.3, -0.25) is 10.1 Å². The average Bonchev–Trinajstić information content (AvgIpc) is 2.37. The molecule has 0 bridgehead atoms. The van der Waals surface area contributed by atoms with E-state index in [2.05, 4.69) is 0 Å². The molecule has 4 nitrogen and oxygen atoms in total. The van der Waals surface area contributed by atoms with Gasteiger partial charge in [0, 0.05) is 17.2 Å². The molecule has 0 saturated carbocycles. The van der Waals surface area contributed by atoms with Gasteiger partial charge in [0.1, 0.15) is 6.61 Å². The second-order valence-electron chi connectivity index (χ2n) is 4.08. The molecule has 0 atom stereocenters. The summed E-state index contributed by atoms with van der Waals surface area (Å²) in [5.74, 6) is 0.181. The van der Waals surface area contributed by atoms with Crippen molar-refractivity contribution in [2.24, 2.45) is 0 Å². The number of hydrogen-bond donors (Lipinski definition) is 0. The monoisotopic (exact) mass is 277 g/mol. The third-order valence-electron chi connectivity index (χ3n) is 2.76. The number of nitro groups is 1. The van der Waals surface area contributed by atoms with Crippen molar-refractivity contribution in [1.82, 2.24) is 0 Å². The van der Waals surface area contributed by atoms with Crippen LogP contribution in [0, 0.1) is 17.0 Å². The maximum Gasteiger partial charge on any atom is 0.311 e. The summed E-state index contributed by atoms with van der Waals surface area (Å²) >= 11 is 5.83. The molecule has 5 heteroatoms. The first-order chi connectivity index (χ1) is 9.08. The van der Waals surface area contributed by atoms with Gasteiger partial charge in [-0.05, 0) is 24.1 Å². The standard InChI is InChI=1S/C14H12ClNO3/c1-10-4-2-3-5-11(10)9-19-14-8-12(15)6-7-13(14)16(17)18/h2-8H,9H2,1H3. The summed E-state index contributed by atoms with van der Waals surface area (Å²) in [5.41, 5.74) is 1.97. The Morgan fingerprint density at radius 3 is 2.68 bits per heavy atom. The minimum Gasteiger partial charge on any atom is -0.482 e. The maximum atomic E-state index is 10.9. The number of halogens is 1. The van der Waals surface area contributed by atoms with Crippen LogP contribution in [0.25, 0.3) is 0 Å². The molecule has 0 amide bonds. The number of rotatable bonds is 4.